The number of hydrogen-bond donors (Lipinski definition) is 1. The minimum atomic E-state index is -4.65. The van der Waals surface area contributed by atoms with Gasteiger partial charge in [-0.3, -0.25) is 4.79 Å². The monoisotopic (exact) mass is 331 g/mol. The number of methoxy groups -OCH3 is 2. The molecule has 126 valence electrons. The lowest BCUT2D eigenvalue weighted by atomic mass is 10.0. The molecule has 1 aliphatic carbocycles. The largest absolute Gasteiger partial charge is 0.496 e. The van der Waals surface area contributed by atoms with Crippen molar-refractivity contribution in [3.8, 4) is 5.75 Å². The fraction of sp³-hybridized carbons (Fsp3) is 0.467. The molecule has 0 aromatic heterocycles. The highest BCUT2D eigenvalue weighted by Crippen LogP contribution is 2.58. The van der Waals surface area contributed by atoms with Crippen LogP contribution in [0.5, 0.6) is 5.75 Å². The number of hydrogen-bond acceptors (Lipinski definition) is 4. The van der Waals surface area contributed by atoms with Gasteiger partial charge in [0, 0.05) is 5.56 Å². The first-order valence-electron chi connectivity index (χ1n) is 6.85. The second-order valence-corrected chi connectivity index (χ2v) is 5.25. The second-order valence-electron chi connectivity index (χ2n) is 5.25. The van der Waals surface area contributed by atoms with Crippen molar-refractivity contribution >= 4 is 11.9 Å². The zero-order chi connectivity index (χ0) is 17.3. The first-order chi connectivity index (χ1) is 10.8. The normalized spacial score (nSPS) is 17.1. The van der Waals surface area contributed by atoms with Crippen LogP contribution in [0, 0.1) is 5.41 Å². The van der Waals surface area contributed by atoms with Crippen molar-refractivity contribution in [3.63, 3.8) is 0 Å². The molecular formula is C15H16F3NO4. The Hall–Kier alpha value is -2.25. The van der Waals surface area contributed by atoms with E-state index in [1.807, 2.05) is 0 Å². The number of esters is 1. The van der Waals surface area contributed by atoms with E-state index in [0.29, 0.717) is 0 Å². The van der Waals surface area contributed by atoms with Gasteiger partial charge < -0.3 is 14.8 Å². The minimum absolute atomic E-state index is 0.230. The zero-order valence-corrected chi connectivity index (χ0v) is 12.6. The number of para-hydroxylation sites is 1. The van der Waals surface area contributed by atoms with Crippen LogP contribution < -0.4 is 10.1 Å². The summed E-state index contributed by atoms with van der Waals surface area (Å²) in [6.45, 7) is 0. The Morgan fingerprint density at radius 2 is 1.83 bits per heavy atom. The van der Waals surface area contributed by atoms with E-state index in [1.54, 1.807) is 12.1 Å². The fourth-order valence-corrected chi connectivity index (χ4v) is 2.32. The number of nitrogens with one attached hydrogen (secondary N) is 1. The quantitative estimate of drug-likeness (QED) is 0.842. The van der Waals surface area contributed by atoms with Gasteiger partial charge in [-0.2, -0.15) is 13.2 Å². The Morgan fingerprint density at radius 3 is 2.30 bits per heavy atom. The molecule has 2 rings (SSSR count). The Kier molecular flexibility index (Phi) is 4.53. The molecule has 23 heavy (non-hydrogen) atoms. The lowest BCUT2D eigenvalue weighted by Crippen LogP contribution is -2.44. The van der Waals surface area contributed by atoms with E-state index >= 15 is 0 Å². The predicted molar refractivity (Wildman–Crippen MR) is 73.6 cm³/mol. The highest BCUT2D eigenvalue weighted by atomic mass is 19.4. The molecule has 0 radical (unpaired) electrons. The smallest absolute Gasteiger partial charge is 0.403 e. The Balaban J connectivity index is 2.31. The van der Waals surface area contributed by atoms with E-state index < -0.39 is 29.5 Å². The third kappa shape index (κ3) is 3.11. The highest BCUT2D eigenvalue weighted by Gasteiger charge is 2.68. The molecule has 1 fully saturated rings. The third-order valence-corrected chi connectivity index (χ3v) is 3.89. The molecule has 1 aromatic carbocycles. The van der Waals surface area contributed by atoms with Crippen LogP contribution >= 0.6 is 0 Å². The molecule has 1 unspecified atom stereocenters. The summed E-state index contributed by atoms with van der Waals surface area (Å²) >= 11 is 0. The molecule has 1 N–H and O–H groups in total. The number of benzene rings is 1. The van der Waals surface area contributed by atoms with E-state index in [0.717, 1.165) is 7.11 Å². The molecule has 0 aliphatic heterocycles. The topological polar surface area (TPSA) is 64.6 Å². The summed E-state index contributed by atoms with van der Waals surface area (Å²) in [5.74, 6) is -1.84. The molecule has 0 bridgehead atoms. The van der Waals surface area contributed by atoms with Gasteiger partial charge in [0.15, 0.2) is 6.04 Å². The Bertz CT molecular complexity index is 611. The Morgan fingerprint density at radius 1 is 1.22 bits per heavy atom. The van der Waals surface area contributed by atoms with Gasteiger partial charge >= 0.3 is 12.1 Å². The SMILES string of the molecule is COC(=O)C(NC(=O)C1(C(F)(F)F)CC1)c1ccccc1OC. The highest BCUT2D eigenvalue weighted by molar-refractivity contribution is 5.91. The van der Waals surface area contributed by atoms with Gasteiger partial charge in [-0.25, -0.2) is 4.79 Å². The van der Waals surface area contributed by atoms with Crippen molar-refractivity contribution in [1.82, 2.24) is 5.32 Å². The molecule has 0 saturated heterocycles. The summed E-state index contributed by atoms with van der Waals surface area (Å²) in [5.41, 5.74) is -2.19. The second kappa shape index (κ2) is 6.10. The maximum Gasteiger partial charge on any atom is 0.403 e. The molecule has 1 aromatic rings. The van der Waals surface area contributed by atoms with Crippen LogP contribution in [-0.2, 0) is 14.3 Å². The lowest BCUT2D eigenvalue weighted by Gasteiger charge is -2.23. The maximum atomic E-state index is 13.0. The third-order valence-electron chi connectivity index (χ3n) is 3.89. The van der Waals surface area contributed by atoms with Crippen LogP contribution in [-0.4, -0.2) is 32.3 Å². The van der Waals surface area contributed by atoms with Gasteiger partial charge in [0.2, 0.25) is 5.91 Å². The van der Waals surface area contributed by atoms with Crippen LogP contribution in [0.25, 0.3) is 0 Å². The molecular weight excluding hydrogens is 315 g/mol. The number of carbonyl (C=O) groups is 2. The average Bonchev–Trinajstić information content (AvgIpc) is 3.33. The van der Waals surface area contributed by atoms with Crippen molar-refractivity contribution in [2.24, 2.45) is 5.41 Å². The summed E-state index contributed by atoms with van der Waals surface area (Å²) < 4.78 is 48.8. The number of carbonyl (C=O) groups excluding carboxylic acids is 2. The van der Waals surface area contributed by atoms with Crippen LogP contribution in [0.2, 0.25) is 0 Å². The molecule has 0 spiro atoms. The first-order valence-corrected chi connectivity index (χ1v) is 6.85. The molecule has 1 atom stereocenters. The zero-order valence-electron chi connectivity index (χ0n) is 12.6. The molecule has 5 nitrogen and oxygen atoms in total. The van der Waals surface area contributed by atoms with E-state index in [1.165, 1.54) is 19.2 Å². The maximum absolute atomic E-state index is 13.0. The number of halogens is 3. The molecule has 1 aliphatic rings. The Labute approximate surface area is 130 Å². The summed E-state index contributed by atoms with van der Waals surface area (Å²) in [4.78, 5) is 24.0. The summed E-state index contributed by atoms with van der Waals surface area (Å²) in [5, 5.41) is 2.15. The van der Waals surface area contributed by atoms with E-state index in [2.05, 4.69) is 10.1 Å². The van der Waals surface area contributed by atoms with Gasteiger partial charge in [0.25, 0.3) is 0 Å². The predicted octanol–water partition coefficient (Wildman–Crippen LogP) is 2.37. The van der Waals surface area contributed by atoms with Gasteiger partial charge in [-0.05, 0) is 18.9 Å². The van der Waals surface area contributed by atoms with E-state index in [4.69, 9.17) is 4.74 Å². The van der Waals surface area contributed by atoms with Crippen LogP contribution in [0.3, 0.4) is 0 Å². The fourth-order valence-electron chi connectivity index (χ4n) is 2.32. The van der Waals surface area contributed by atoms with Crippen molar-refractivity contribution in [1.29, 1.82) is 0 Å². The molecule has 1 saturated carbocycles. The van der Waals surface area contributed by atoms with Gasteiger partial charge in [-0.1, -0.05) is 18.2 Å². The first kappa shape index (κ1) is 17.1. The molecule has 0 heterocycles. The van der Waals surface area contributed by atoms with E-state index in [-0.39, 0.29) is 24.2 Å². The van der Waals surface area contributed by atoms with Crippen LogP contribution in [0.15, 0.2) is 24.3 Å². The number of rotatable bonds is 5. The molecule has 1 amide bonds. The number of ether oxygens (including phenoxy) is 2. The van der Waals surface area contributed by atoms with Crippen molar-refractivity contribution in [2.75, 3.05) is 14.2 Å². The average molecular weight is 331 g/mol. The van der Waals surface area contributed by atoms with Gasteiger partial charge in [0.05, 0.1) is 14.2 Å². The van der Waals surface area contributed by atoms with Crippen molar-refractivity contribution < 1.29 is 32.2 Å². The summed E-state index contributed by atoms with van der Waals surface area (Å²) in [6.07, 6.45) is -5.23. The van der Waals surface area contributed by atoms with Crippen LogP contribution in [0.4, 0.5) is 13.2 Å². The number of amides is 1. The standard InChI is InChI=1S/C15H16F3NO4/c1-22-10-6-4-3-5-9(10)11(12(20)23-2)19-13(21)14(7-8-14)15(16,17)18/h3-6,11H,7-8H2,1-2H3,(H,19,21). The van der Waals surface area contributed by atoms with Crippen molar-refractivity contribution in [3.05, 3.63) is 29.8 Å². The summed E-state index contributed by atoms with van der Waals surface area (Å²) in [6, 6.07) is 4.86. The minimum Gasteiger partial charge on any atom is -0.496 e. The van der Waals surface area contributed by atoms with Crippen LogP contribution in [0.1, 0.15) is 24.4 Å². The molecule has 8 heteroatoms. The van der Waals surface area contributed by atoms with Gasteiger partial charge in [0.1, 0.15) is 11.2 Å². The van der Waals surface area contributed by atoms with Gasteiger partial charge in [-0.15, -0.1) is 0 Å². The van der Waals surface area contributed by atoms with Crippen molar-refractivity contribution in [2.45, 2.75) is 25.1 Å². The number of alkyl halides is 3. The van der Waals surface area contributed by atoms with E-state index in [9.17, 15) is 22.8 Å². The lowest BCUT2D eigenvalue weighted by molar-refractivity contribution is -0.193. The summed E-state index contributed by atoms with van der Waals surface area (Å²) in [7, 11) is 2.45.